The molecule has 2 N–H and O–H groups in total. The normalized spacial score (nSPS) is 37.6. The average Bonchev–Trinajstić information content (AvgIpc) is 2.88. The lowest BCUT2D eigenvalue weighted by Gasteiger charge is -2.53. The van der Waals surface area contributed by atoms with Crippen molar-refractivity contribution in [3.8, 4) is 0 Å². The molecule has 2 bridgehead atoms. The number of rotatable bonds is 2. The minimum absolute atomic E-state index is 0.179. The van der Waals surface area contributed by atoms with Crippen LogP contribution < -0.4 is 10.6 Å². The lowest BCUT2D eigenvalue weighted by atomic mass is 9.52. The molecule has 1 aromatic heterocycles. The first-order valence-corrected chi connectivity index (χ1v) is 8.12. The molecule has 1 aromatic rings. The maximum atomic E-state index is 12.7. The molecule has 0 spiro atoms. The summed E-state index contributed by atoms with van der Waals surface area (Å²) in [4.78, 5) is 41.3. The molecular formula is C15H19N3O3S. The van der Waals surface area contributed by atoms with E-state index in [9.17, 15) is 14.4 Å². The Morgan fingerprint density at radius 2 is 1.77 bits per heavy atom. The van der Waals surface area contributed by atoms with Gasteiger partial charge in [-0.15, -0.1) is 11.3 Å². The lowest BCUT2D eigenvalue weighted by Crippen LogP contribution is -2.63. The van der Waals surface area contributed by atoms with E-state index in [1.54, 1.807) is 11.6 Å². The predicted octanol–water partition coefficient (Wildman–Crippen LogP) is 1.94. The first-order valence-electron chi connectivity index (χ1n) is 7.24. The Morgan fingerprint density at radius 3 is 2.27 bits per heavy atom. The van der Waals surface area contributed by atoms with Gasteiger partial charge in [-0.05, 0) is 19.3 Å². The molecule has 22 heavy (non-hydrogen) atoms. The molecule has 1 saturated heterocycles. The number of aromatic nitrogens is 1. The Labute approximate surface area is 132 Å². The summed E-state index contributed by atoms with van der Waals surface area (Å²) >= 11 is 1.35. The van der Waals surface area contributed by atoms with E-state index in [1.165, 1.54) is 11.3 Å². The van der Waals surface area contributed by atoms with E-state index in [0.29, 0.717) is 24.4 Å². The minimum atomic E-state index is -0.777. The van der Waals surface area contributed by atoms with Crippen LogP contribution in [0.4, 0.5) is 5.13 Å². The van der Waals surface area contributed by atoms with E-state index >= 15 is 0 Å². The molecule has 2 unspecified atom stereocenters. The molecule has 118 valence electrons. The second-order valence-corrected chi connectivity index (χ2v) is 8.18. The van der Waals surface area contributed by atoms with Crippen LogP contribution in [0, 0.1) is 16.2 Å². The smallest absolute Gasteiger partial charge is 0.232 e. The molecule has 2 aliphatic rings. The predicted molar refractivity (Wildman–Crippen MR) is 82.1 cm³/mol. The van der Waals surface area contributed by atoms with Crippen molar-refractivity contribution in [3.63, 3.8) is 0 Å². The summed E-state index contributed by atoms with van der Waals surface area (Å²) in [5.41, 5.74) is -2.17. The van der Waals surface area contributed by atoms with Crippen LogP contribution in [0.5, 0.6) is 0 Å². The summed E-state index contributed by atoms with van der Waals surface area (Å²) in [5.74, 6) is -0.729. The highest BCUT2D eigenvalue weighted by Crippen LogP contribution is 2.56. The molecule has 1 aliphatic heterocycles. The quantitative estimate of drug-likeness (QED) is 0.815. The summed E-state index contributed by atoms with van der Waals surface area (Å²) in [6.45, 7) is 5.50. The number of carbonyl (C=O) groups is 3. The number of hydrogen-bond donors (Lipinski definition) is 2. The van der Waals surface area contributed by atoms with Crippen LogP contribution in [0.2, 0.25) is 0 Å². The zero-order chi connectivity index (χ0) is 16.2. The first kappa shape index (κ1) is 15.1. The zero-order valence-electron chi connectivity index (χ0n) is 12.9. The van der Waals surface area contributed by atoms with Crippen molar-refractivity contribution >= 4 is 34.2 Å². The van der Waals surface area contributed by atoms with Crippen molar-refractivity contribution in [2.24, 2.45) is 16.2 Å². The number of anilines is 1. The molecule has 2 atom stereocenters. The molecule has 3 amide bonds. The fourth-order valence-electron chi connectivity index (χ4n) is 4.19. The average molecular weight is 321 g/mol. The highest BCUT2D eigenvalue weighted by molar-refractivity contribution is 7.13. The van der Waals surface area contributed by atoms with E-state index in [0.717, 1.165) is 0 Å². The molecule has 7 heteroatoms. The van der Waals surface area contributed by atoms with Crippen LogP contribution in [0.3, 0.4) is 0 Å². The third-order valence-electron chi connectivity index (χ3n) is 4.87. The van der Waals surface area contributed by atoms with Crippen molar-refractivity contribution in [2.75, 3.05) is 5.32 Å². The van der Waals surface area contributed by atoms with Crippen LogP contribution >= 0.6 is 11.3 Å². The fraction of sp³-hybridized carbons (Fsp3) is 0.600. The van der Waals surface area contributed by atoms with Crippen LogP contribution in [-0.2, 0) is 14.4 Å². The second kappa shape index (κ2) is 4.62. The molecule has 3 rings (SSSR count). The number of nitrogens with one attached hydrogen (secondary N) is 2. The van der Waals surface area contributed by atoms with Crippen molar-refractivity contribution in [1.82, 2.24) is 10.3 Å². The largest absolute Gasteiger partial charge is 0.302 e. The number of amides is 3. The van der Waals surface area contributed by atoms with Gasteiger partial charge in [-0.3, -0.25) is 19.7 Å². The highest BCUT2D eigenvalue weighted by atomic mass is 32.1. The van der Waals surface area contributed by atoms with Gasteiger partial charge in [0.25, 0.3) is 0 Å². The minimum Gasteiger partial charge on any atom is -0.302 e. The summed E-state index contributed by atoms with van der Waals surface area (Å²) < 4.78 is 0. The molecule has 1 aliphatic carbocycles. The van der Waals surface area contributed by atoms with E-state index in [1.807, 2.05) is 20.8 Å². The van der Waals surface area contributed by atoms with Gasteiger partial charge < -0.3 is 5.32 Å². The van der Waals surface area contributed by atoms with Crippen LogP contribution in [0.25, 0.3) is 0 Å². The van der Waals surface area contributed by atoms with Gasteiger partial charge in [0.1, 0.15) is 0 Å². The molecular weight excluding hydrogens is 302 g/mol. The molecule has 2 fully saturated rings. The SMILES string of the molecule is CC12CC(C)(CC(C)(C(=O)Nc3nccs3)C1)C(=O)NC2=O. The van der Waals surface area contributed by atoms with Gasteiger partial charge in [-0.1, -0.05) is 20.8 Å². The maximum Gasteiger partial charge on any atom is 0.232 e. The van der Waals surface area contributed by atoms with Crippen molar-refractivity contribution in [2.45, 2.75) is 40.0 Å². The Bertz CT molecular complexity index is 629. The van der Waals surface area contributed by atoms with Gasteiger partial charge in [0, 0.05) is 27.8 Å². The number of fused-ring (bicyclic) bond motifs is 2. The standard InChI is InChI=1S/C15H19N3O3S/c1-13-6-14(2,10(20)17-9(13)19)8-15(3,7-13)11(21)18-12-16-4-5-22-12/h4-5H,6-8H2,1-3H3,(H,16,18,21)(H,17,19,20). The second-order valence-electron chi connectivity index (χ2n) is 7.29. The summed E-state index contributed by atoms with van der Waals surface area (Å²) in [7, 11) is 0. The van der Waals surface area contributed by atoms with Crippen LogP contribution in [-0.4, -0.2) is 22.7 Å². The van der Waals surface area contributed by atoms with E-state index in [4.69, 9.17) is 0 Å². The Hall–Kier alpha value is -1.76. The third-order valence-corrected chi connectivity index (χ3v) is 5.55. The van der Waals surface area contributed by atoms with Gasteiger partial charge in [0.15, 0.2) is 5.13 Å². The van der Waals surface area contributed by atoms with Gasteiger partial charge in [-0.2, -0.15) is 0 Å². The topological polar surface area (TPSA) is 88.2 Å². The molecule has 1 saturated carbocycles. The monoisotopic (exact) mass is 321 g/mol. The van der Waals surface area contributed by atoms with Crippen molar-refractivity contribution in [1.29, 1.82) is 0 Å². The number of imide groups is 1. The number of carbonyl (C=O) groups excluding carboxylic acids is 3. The molecule has 2 heterocycles. The third kappa shape index (κ3) is 2.24. The summed E-state index contributed by atoms with van der Waals surface area (Å²) in [6.07, 6.45) is 2.96. The Morgan fingerprint density at radius 1 is 1.18 bits per heavy atom. The summed E-state index contributed by atoms with van der Waals surface area (Å²) in [6, 6.07) is 0. The number of nitrogens with zero attached hydrogens (tertiary/aromatic N) is 1. The summed E-state index contributed by atoms with van der Waals surface area (Å²) in [5, 5.41) is 7.60. The number of thiazole rings is 1. The fourth-order valence-corrected chi connectivity index (χ4v) is 4.71. The Kier molecular flexibility index (Phi) is 3.18. The van der Waals surface area contributed by atoms with E-state index < -0.39 is 16.2 Å². The highest BCUT2D eigenvalue weighted by Gasteiger charge is 2.60. The van der Waals surface area contributed by atoms with Gasteiger partial charge >= 0.3 is 0 Å². The van der Waals surface area contributed by atoms with E-state index in [-0.39, 0.29) is 17.7 Å². The molecule has 0 aromatic carbocycles. The van der Waals surface area contributed by atoms with Crippen molar-refractivity contribution < 1.29 is 14.4 Å². The molecule has 6 nitrogen and oxygen atoms in total. The molecule has 0 radical (unpaired) electrons. The van der Waals surface area contributed by atoms with Gasteiger partial charge in [0.2, 0.25) is 17.7 Å². The lowest BCUT2D eigenvalue weighted by molar-refractivity contribution is -0.163. The number of hydrogen-bond acceptors (Lipinski definition) is 5. The van der Waals surface area contributed by atoms with Crippen LogP contribution in [0.1, 0.15) is 40.0 Å². The first-order chi connectivity index (χ1) is 10.2. The number of piperidine rings is 1. The zero-order valence-corrected chi connectivity index (χ0v) is 13.7. The van der Waals surface area contributed by atoms with E-state index in [2.05, 4.69) is 15.6 Å². The van der Waals surface area contributed by atoms with Crippen molar-refractivity contribution in [3.05, 3.63) is 11.6 Å². The van der Waals surface area contributed by atoms with Crippen LogP contribution in [0.15, 0.2) is 11.6 Å². The van der Waals surface area contributed by atoms with Gasteiger partial charge in [0.05, 0.1) is 0 Å². The maximum absolute atomic E-state index is 12.7. The Balaban J connectivity index is 1.92. The van der Waals surface area contributed by atoms with Gasteiger partial charge in [-0.25, -0.2) is 4.98 Å².